The van der Waals surface area contributed by atoms with E-state index in [0.717, 1.165) is 65.3 Å². The summed E-state index contributed by atoms with van der Waals surface area (Å²) in [6, 6.07) is 27.6. The molecule has 4 aromatic rings. The standard InChI is InChI=1S/C33H36N2O5/c1-3-37-32(36)18-12-6-11-17-30(27-13-7-4-8-14-27)35-39-23-26-19-21-29(22-20-26)38-24-31-25(2)40-33(34-31)28-15-9-5-10-16-28/h4-5,7-10,13-16,19-22H,3,6,11-12,17-18,23-24H2,1-2H3/b35-30+. The molecule has 0 aliphatic rings. The van der Waals surface area contributed by atoms with E-state index in [4.69, 9.17) is 18.7 Å². The highest BCUT2D eigenvalue weighted by atomic mass is 16.6. The molecule has 1 aromatic heterocycles. The molecule has 1 heterocycles. The van der Waals surface area contributed by atoms with Gasteiger partial charge in [-0.15, -0.1) is 0 Å². The average molecular weight is 541 g/mol. The molecule has 0 amide bonds. The molecule has 0 N–H and O–H groups in total. The minimum Gasteiger partial charge on any atom is -0.487 e. The van der Waals surface area contributed by atoms with Gasteiger partial charge in [-0.25, -0.2) is 4.98 Å². The third kappa shape index (κ3) is 8.83. The van der Waals surface area contributed by atoms with Crippen LogP contribution in [0.2, 0.25) is 0 Å². The molecule has 0 spiro atoms. The van der Waals surface area contributed by atoms with Crippen LogP contribution in [0.15, 0.2) is 94.5 Å². The van der Waals surface area contributed by atoms with Crippen molar-refractivity contribution < 1.29 is 23.5 Å². The normalized spacial score (nSPS) is 11.3. The number of carbonyl (C=O) groups is 1. The fourth-order valence-electron chi connectivity index (χ4n) is 4.13. The van der Waals surface area contributed by atoms with Crippen molar-refractivity contribution in [3.05, 3.63) is 108 Å². The highest BCUT2D eigenvalue weighted by molar-refractivity contribution is 6.00. The zero-order chi connectivity index (χ0) is 28.0. The molecule has 208 valence electrons. The van der Waals surface area contributed by atoms with Gasteiger partial charge < -0.3 is 18.7 Å². The second-order valence-electron chi connectivity index (χ2n) is 9.36. The van der Waals surface area contributed by atoms with E-state index in [-0.39, 0.29) is 5.97 Å². The van der Waals surface area contributed by atoms with E-state index in [0.29, 0.717) is 32.1 Å². The van der Waals surface area contributed by atoms with Crippen molar-refractivity contribution in [2.24, 2.45) is 5.16 Å². The Morgan fingerprint density at radius 3 is 2.27 bits per heavy atom. The number of nitrogens with zero attached hydrogens (tertiary/aromatic N) is 2. The van der Waals surface area contributed by atoms with E-state index in [1.54, 1.807) is 0 Å². The van der Waals surface area contributed by atoms with Crippen LogP contribution in [0.1, 0.15) is 61.6 Å². The summed E-state index contributed by atoms with van der Waals surface area (Å²) in [7, 11) is 0. The number of benzene rings is 3. The molecule has 0 unspecified atom stereocenters. The Bertz CT molecular complexity index is 1350. The van der Waals surface area contributed by atoms with Gasteiger partial charge in [-0.1, -0.05) is 72.2 Å². The first-order chi connectivity index (χ1) is 19.6. The Hall–Kier alpha value is -4.39. The summed E-state index contributed by atoms with van der Waals surface area (Å²) < 4.78 is 16.8. The second-order valence-corrected chi connectivity index (χ2v) is 9.36. The van der Waals surface area contributed by atoms with Gasteiger partial charge in [-0.2, -0.15) is 0 Å². The van der Waals surface area contributed by atoms with Crippen LogP contribution in [-0.4, -0.2) is 23.3 Å². The van der Waals surface area contributed by atoms with Gasteiger partial charge >= 0.3 is 5.97 Å². The molecule has 0 bridgehead atoms. The van der Waals surface area contributed by atoms with Crippen LogP contribution < -0.4 is 4.74 Å². The van der Waals surface area contributed by atoms with Crippen molar-refractivity contribution in [2.45, 2.75) is 59.2 Å². The first-order valence-corrected chi connectivity index (χ1v) is 13.8. The van der Waals surface area contributed by atoms with Crippen molar-refractivity contribution in [3.63, 3.8) is 0 Å². The average Bonchev–Trinajstić information content (AvgIpc) is 3.37. The van der Waals surface area contributed by atoms with Crippen molar-refractivity contribution in [1.29, 1.82) is 0 Å². The molecule has 0 fully saturated rings. The topological polar surface area (TPSA) is 83.2 Å². The Labute approximate surface area is 235 Å². The summed E-state index contributed by atoms with van der Waals surface area (Å²) in [5, 5.41) is 4.46. The first-order valence-electron chi connectivity index (χ1n) is 13.8. The highest BCUT2D eigenvalue weighted by Crippen LogP contribution is 2.23. The smallest absolute Gasteiger partial charge is 0.305 e. The van der Waals surface area contributed by atoms with Crippen molar-refractivity contribution in [2.75, 3.05) is 6.61 Å². The van der Waals surface area contributed by atoms with Gasteiger partial charge in [0.05, 0.1) is 12.3 Å². The molecule has 0 aliphatic carbocycles. The Morgan fingerprint density at radius 1 is 0.850 bits per heavy atom. The molecule has 0 radical (unpaired) electrons. The van der Waals surface area contributed by atoms with Gasteiger partial charge in [0.25, 0.3) is 0 Å². The zero-order valence-corrected chi connectivity index (χ0v) is 23.2. The van der Waals surface area contributed by atoms with Crippen LogP contribution in [0, 0.1) is 6.92 Å². The summed E-state index contributed by atoms with van der Waals surface area (Å²) in [5.41, 5.74) is 4.63. The van der Waals surface area contributed by atoms with Gasteiger partial charge in [0.2, 0.25) is 5.89 Å². The van der Waals surface area contributed by atoms with Gasteiger partial charge in [0.15, 0.2) is 0 Å². The van der Waals surface area contributed by atoms with E-state index in [2.05, 4.69) is 10.1 Å². The molecule has 40 heavy (non-hydrogen) atoms. The first kappa shape index (κ1) is 28.6. The van der Waals surface area contributed by atoms with Crippen LogP contribution in [0.25, 0.3) is 11.5 Å². The number of oxazole rings is 1. The SMILES string of the molecule is CCOC(=O)CCCCC/C(=N\OCc1ccc(OCc2nc(-c3ccccc3)oc2C)cc1)c1ccccc1. The molecule has 0 saturated carbocycles. The predicted octanol–water partition coefficient (Wildman–Crippen LogP) is 7.66. The molecular formula is C33H36N2O5. The van der Waals surface area contributed by atoms with Gasteiger partial charge in [-0.05, 0) is 68.5 Å². The van der Waals surface area contributed by atoms with Crippen LogP contribution in [-0.2, 0) is 27.6 Å². The van der Waals surface area contributed by atoms with E-state index in [1.165, 1.54) is 0 Å². The monoisotopic (exact) mass is 540 g/mol. The van der Waals surface area contributed by atoms with E-state index in [1.807, 2.05) is 98.8 Å². The van der Waals surface area contributed by atoms with E-state index in [9.17, 15) is 4.79 Å². The number of hydrogen-bond donors (Lipinski definition) is 0. The predicted molar refractivity (Wildman–Crippen MR) is 155 cm³/mol. The zero-order valence-electron chi connectivity index (χ0n) is 23.2. The van der Waals surface area contributed by atoms with Crippen LogP contribution >= 0.6 is 0 Å². The summed E-state index contributed by atoms with van der Waals surface area (Å²) in [5.74, 6) is 1.94. The van der Waals surface area contributed by atoms with Gasteiger partial charge in [0, 0.05) is 12.0 Å². The molecule has 7 heteroatoms. The maximum atomic E-state index is 11.5. The highest BCUT2D eigenvalue weighted by Gasteiger charge is 2.12. The number of esters is 1. The third-order valence-electron chi connectivity index (χ3n) is 6.33. The minimum atomic E-state index is -0.135. The summed E-state index contributed by atoms with van der Waals surface area (Å²) in [4.78, 5) is 21.9. The van der Waals surface area contributed by atoms with Crippen molar-refractivity contribution in [3.8, 4) is 17.2 Å². The Balaban J connectivity index is 1.27. The lowest BCUT2D eigenvalue weighted by atomic mass is 10.0. The number of ether oxygens (including phenoxy) is 2. The van der Waals surface area contributed by atoms with Crippen molar-refractivity contribution in [1.82, 2.24) is 4.98 Å². The number of unbranched alkanes of at least 4 members (excludes halogenated alkanes) is 2. The molecule has 0 saturated heterocycles. The largest absolute Gasteiger partial charge is 0.487 e. The van der Waals surface area contributed by atoms with E-state index < -0.39 is 0 Å². The summed E-state index contributed by atoms with van der Waals surface area (Å²) in [6.45, 7) is 4.82. The molecule has 0 atom stereocenters. The Kier molecular flexibility index (Phi) is 10.9. The lowest BCUT2D eigenvalue weighted by Crippen LogP contribution is -2.05. The molecular weight excluding hydrogens is 504 g/mol. The van der Waals surface area contributed by atoms with Crippen molar-refractivity contribution >= 4 is 11.7 Å². The number of rotatable bonds is 15. The lowest BCUT2D eigenvalue weighted by Gasteiger charge is -2.09. The summed E-state index contributed by atoms with van der Waals surface area (Å²) in [6.07, 6.45) is 3.87. The Morgan fingerprint density at radius 2 is 1.55 bits per heavy atom. The van der Waals surface area contributed by atoms with Crippen LogP contribution in [0.4, 0.5) is 0 Å². The summed E-state index contributed by atoms with van der Waals surface area (Å²) >= 11 is 0. The molecule has 4 rings (SSSR count). The molecule has 7 nitrogen and oxygen atoms in total. The lowest BCUT2D eigenvalue weighted by molar-refractivity contribution is -0.143. The molecule has 0 aliphatic heterocycles. The van der Waals surface area contributed by atoms with Gasteiger partial charge in [0.1, 0.15) is 30.4 Å². The quantitative estimate of drug-likeness (QED) is 0.0666. The fraction of sp³-hybridized carbons (Fsp3) is 0.303. The van der Waals surface area contributed by atoms with Crippen LogP contribution in [0.3, 0.4) is 0 Å². The number of carbonyl (C=O) groups excluding carboxylic acids is 1. The fourth-order valence-corrected chi connectivity index (χ4v) is 4.13. The number of oxime groups is 1. The molecule has 3 aromatic carbocycles. The number of aryl methyl sites for hydroxylation is 1. The second kappa shape index (κ2) is 15.3. The van der Waals surface area contributed by atoms with Gasteiger partial charge in [-0.3, -0.25) is 4.79 Å². The van der Waals surface area contributed by atoms with E-state index >= 15 is 0 Å². The number of aromatic nitrogens is 1. The van der Waals surface area contributed by atoms with Crippen LogP contribution in [0.5, 0.6) is 5.75 Å². The third-order valence-corrected chi connectivity index (χ3v) is 6.33. The maximum absolute atomic E-state index is 11.5. The minimum absolute atomic E-state index is 0.135. The maximum Gasteiger partial charge on any atom is 0.305 e. The number of hydrogen-bond acceptors (Lipinski definition) is 7.